The highest BCUT2D eigenvalue weighted by Gasteiger charge is 2.33. The first-order chi connectivity index (χ1) is 11.3. The van der Waals surface area contributed by atoms with Gasteiger partial charge in [0.05, 0.1) is 17.2 Å². The van der Waals surface area contributed by atoms with Crippen LogP contribution in [-0.4, -0.2) is 23.9 Å². The van der Waals surface area contributed by atoms with Crippen molar-refractivity contribution in [2.24, 2.45) is 0 Å². The van der Waals surface area contributed by atoms with E-state index in [0.717, 1.165) is 29.7 Å². The van der Waals surface area contributed by atoms with Crippen LogP contribution in [0.1, 0.15) is 23.6 Å². The van der Waals surface area contributed by atoms with Crippen molar-refractivity contribution >= 4 is 23.2 Å². The van der Waals surface area contributed by atoms with Gasteiger partial charge < -0.3 is 20.3 Å². The molecule has 0 saturated heterocycles. The lowest BCUT2D eigenvalue weighted by molar-refractivity contribution is 0.337. The average molecular weight is 368 g/mol. The monoisotopic (exact) mass is 367 g/mol. The Morgan fingerprint density at radius 1 is 1.12 bits per heavy atom. The predicted octanol–water partition coefficient (Wildman–Crippen LogP) is 4.02. The summed E-state index contributed by atoms with van der Waals surface area (Å²) >= 11 is 12.5. The third kappa shape index (κ3) is 3.02. The zero-order valence-electron chi connectivity index (χ0n) is 13.5. The fourth-order valence-corrected chi connectivity index (χ4v) is 4.07. The molecule has 6 heteroatoms. The quantitative estimate of drug-likeness (QED) is 0.717. The molecule has 0 aromatic heterocycles. The van der Waals surface area contributed by atoms with E-state index in [-0.39, 0.29) is 11.5 Å². The normalized spacial score (nSPS) is 19.8. The molecule has 0 radical (unpaired) electrons. The van der Waals surface area contributed by atoms with Crippen LogP contribution in [0.15, 0.2) is 24.3 Å². The van der Waals surface area contributed by atoms with Gasteiger partial charge in [-0.3, -0.25) is 0 Å². The van der Waals surface area contributed by atoms with Crippen molar-refractivity contribution in [1.29, 1.82) is 0 Å². The average Bonchev–Trinajstić information content (AvgIpc) is 2.49. The Labute approximate surface area is 151 Å². The molecule has 0 bridgehead atoms. The number of rotatable bonds is 3. The molecule has 0 fully saturated rings. The number of fused-ring (bicyclic) bond motifs is 1. The molecule has 2 aromatic rings. The second-order valence-electron chi connectivity index (χ2n) is 6.28. The topological polar surface area (TPSA) is 61.7 Å². The molecule has 0 saturated carbocycles. The van der Waals surface area contributed by atoms with Crippen LogP contribution in [0.3, 0.4) is 0 Å². The third-order valence-corrected chi connectivity index (χ3v) is 5.09. The largest absolute Gasteiger partial charge is 0.504 e. The van der Waals surface area contributed by atoms with Gasteiger partial charge in [-0.05, 0) is 60.7 Å². The number of halogens is 2. The molecule has 4 nitrogen and oxygen atoms in total. The van der Waals surface area contributed by atoms with Crippen LogP contribution in [0.2, 0.25) is 10.0 Å². The van der Waals surface area contributed by atoms with E-state index in [2.05, 4.69) is 12.2 Å². The molecular formula is C18H19Cl2NO3. The number of phenolic OH excluding ortho intramolecular Hbond substituents is 2. The van der Waals surface area contributed by atoms with Gasteiger partial charge in [-0.1, -0.05) is 23.2 Å². The molecule has 0 amide bonds. The summed E-state index contributed by atoms with van der Waals surface area (Å²) in [6, 6.07) is 6.95. The van der Waals surface area contributed by atoms with Gasteiger partial charge in [0, 0.05) is 12.1 Å². The number of phenols is 2. The summed E-state index contributed by atoms with van der Waals surface area (Å²) < 4.78 is 5.19. The summed E-state index contributed by atoms with van der Waals surface area (Å²) in [5, 5.41) is 24.1. The summed E-state index contributed by atoms with van der Waals surface area (Å²) in [5.41, 5.74) is 2.55. The summed E-state index contributed by atoms with van der Waals surface area (Å²) in [4.78, 5) is 0. The number of ether oxygens (including phenoxy) is 1. The molecule has 2 aromatic carbocycles. The maximum atomic E-state index is 9.89. The summed E-state index contributed by atoms with van der Waals surface area (Å²) in [6.45, 7) is 2.85. The van der Waals surface area contributed by atoms with E-state index in [9.17, 15) is 10.2 Å². The molecule has 1 aliphatic rings. The molecule has 3 rings (SSSR count). The van der Waals surface area contributed by atoms with Gasteiger partial charge >= 0.3 is 0 Å². The lowest BCUT2D eigenvalue weighted by atomic mass is 9.79. The van der Waals surface area contributed by atoms with E-state index < -0.39 is 5.54 Å². The van der Waals surface area contributed by atoms with Crippen LogP contribution in [0, 0.1) is 0 Å². The zero-order valence-corrected chi connectivity index (χ0v) is 15.0. The van der Waals surface area contributed by atoms with E-state index in [1.807, 2.05) is 12.1 Å². The molecule has 0 spiro atoms. The maximum absolute atomic E-state index is 9.89. The fourth-order valence-electron chi connectivity index (χ4n) is 3.38. The van der Waals surface area contributed by atoms with E-state index in [1.54, 1.807) is 12.1 Å². The minimum absolute atomic E-state index is 0.0893. The minimum Gasteiger partial charge on any atom is -0.504 e. The van der Waals surface area contributed by atoms with Crippen molar-refractivity contribution in [3.05, 3.63) is 51.0 Å². The van der Waals surface area contributed by atoms with Gasteiger partial charge in [0.1, 0.15) is 0 Å². The Kier molecular flexibility index (Phi) is 4.56. The standard InChI is InChI=1S/C18H19Cl2NO3/c1-18(9-10-5-13(19)17(24-2)14(20)6-10)12-8-16(23)15(22)7-11(12)3-4-21-18/h5-8,21-23H,3-4,9H2,1-2H3/t18-/m1/s1. The molecule has 1 aliphatic heterocycles. The first-order valence-electron chi connectivity index (χ1n) is 7.66. The van der Waals surface area contributed by atoms with Gasteiger partial charge in [0.15, 0.2) is 17.2 Å². The number of aromatic hydroxyl groups is 2. The van der Waals surface area contributed by atoms with Crippen molar-refractivity contribution in [2.75, 3.05) is 13.7 Å². The highest BCUT2D eigenvalue weighted by atomic mass is 35.5. The van der Waals surface area contributed by atoms with Crippen LogP contribution in [0.5, 0.6) is 17.2 Å². The van der Waals surface area contributed by atoms with Crippen LogP contribution >= 0.6 is 23.2 Å². The lowest BCUT2D eigenvalue weighted by Gasteiger charge is -2.38. The Bertz CT molecular complexity index is 771. The van der Waals surface area contributed by atoms with Crippen LogP contribution in [-0.2, 0) is 18.4 Å². The molecule has 24 heavy (non-hydrogen) atoms. The van der Waals surface area contributed by atoms with Crippen LogP contribution < -0.4 is 10.1 Å². The van der Waals surface area contributed by atoms with E-state index in [0.29, 0.717) is 22.2 Å². The number of methoxy groups -OCH3 is 1. The van der Waals surface area contributed by atoms with Gasteiger partial charge in [-0.15, -0.1) is 0 Å². The highest BCUT2D eigenvalue weighted by molar-refractivity contribution is 6.37. The SMILES string of the molecule is COc1c(Cl)cc(C[C@@]2(C)NCCc3cc(O)c(O)cc32)cc1Cl. The number of hydrogen-bond acceptors (Lipinski definition) is 4. The van der Waals surface area contributed by atoms with Gasteiger partial charge in [-0.2, -0.15) is 0 Å². The first kappa shape index (κ1) is 17.2. The molecule has 0 aliphatic carbocycles. The Balaban J connectivity index is 2.01. The van der Waals surface area contributed by atoms with E-state index >= 15 is 0 Å². The predicted molar refractivity (Wildman–Crippen MR) is 95.5 cm³/mol. The molecule has 128 valence electrons. The van der Waals surface area contributed by atoms with Crippen molar-refractivity contribution < 1.29 is 14.9 Å². The smallest absolute Gasteiger partial charge is 0.157 e. The van der Waals surface area contributed by atoms with Gasteiger partial charge in [0.2, 0.25) is 0 Å². The second-order valence-corrected chi connectivity index (χ2v) is 7.09. The summed E-state index contributed by atoms with van der Waals surface area (Å²) in [5.74, 6) is 0.259. The molecule has 3 N–H and O–H groups in total. The third-order valence-electron chi connectivity index (χ3n) is 4.52. The van der Waals surface area contributed by atoms with Crippen molar-refractivity contribution in [2.45, 2.75) is 25.3 Å². The van der Waals surface area contributed by atoms with Gasteiger partial charge in [0.25, 0.3) is 0 Å². The van der Waals surface area contributed by atoms with Gasteiger partial charge in [-0.25, -0.2) is 0 Å². The van der Waals surface area contributed by atoms with Crippen LogP contribution in [0.4, 0.5) is 0 Å². The van der Waals surface area contributed by atoms with Crippen molar-refractivity contribution in [3.8, 4) is 17.2 Å². The lowest BCUT2D eigenvalue weighted by Crippen LogP contribution is -2.46. The number of nitrogens with one attached hydrogen (secondary N) is 1. The summed E-state index contributed by atoms with van der Waals surface area (Å²) in [6.07, 6.45) is 1.43. The number of hydrogen-bond donors (Lipinski definition) is 3. The first-order valence-corrected chi connectivity index (χ1v) is 8.42. The van der Waals surface area contributed by atoms with E-state index in [4.69, 9.17) is 27.9 Å². The minimum atomic E-state index is -0.403. The Morgan fingerprint density at radius 3 is 2.38 bits per heavy atom. The summed E-state index contributed by atoms with van der Waals surface area (Å²) in [7, 11) is 1.53. The van der Waals surface area contributed by atoms with Crippen LogP contribution in [0.25, 0.3) is 0 Å². The molecule has 0 unspecified atom stereocenters. The maximum Gasteiger partial charge on any atom is 0.157 e. The molecular weight excluding hydrogens is 349 g/mol. The van der Waals surface area contributed by atoms with Crippen molar-refractivity contribution in [3.63, 3.8) is 0 Å². The number of benzene rings is 2. The van der Waals surface area contributed by atoms with E-state index in [1.165, 1.54) is 7.11 Å². The molecule has 1 atom stereocenters. The fraction of sp³-hybridized carbons (Fsp3) is 0.333. The van der Waals surface area contributed by atoms with Crippen molar-refractivity contribution in [1.82, 2.24) is 5.32 Å². The second kappa shape index (κ2) is 6.36. The Hall–Kier alpha value is -1.62. The zero-order chi connectivity index (χ0) is 17.5. The molecule has 1 heterocycles. The Morgan fingerprint density at radius 2 is 1.75 bits per heavy atom. The highest BCUT2D eigenvalue weighted by Crippen LogP contribution is 2.40.